The van der Waals surface area contributed by atoms with Crippen LogP contribution in [0, 0.1) is 5.92 Å². The summed E-state index contributed by atoms with van der Waals surface area (Å²) in [5.74, 6) is -0.415. The van der Waals surface area contributed by atoms with Gasteiger partial charge < -0.3 is 16.0 Å². The first-order valence-corrected chi connectivity index (χ1v) is 9.76. The van der Waals surface area contributed by atoms with Crippen LogP contribution in [-0.4, -0.2) is 41.4 Å². The number of carbonyl (C=O) groups excluding carboxylic acids is 3. The number of rotatable bonds is 2. The molecule has 1 saturated carbocycles. The minimum Gasteiger partial charge on any atom is -0.398 e. The fraction of sp³-hybridized carbons (Fsp3) is 0.550. The second-order valence-electron chi connectivity index (χ2n) is 7.93. The van der Waals surface area contributed by atoms with E-state index in [1.807, 2.05) is 25.1 Å². The van der Waals surface area contributed by atoms with Gasteiger partial charge in [-0.05, 0) is 49.3 Å². The van der Waals surface area contributed by atoms with Gasteiger partial charge in [0.1, 0.15) is 12.1 Å². The fourth-order valence-electron chi connectivity index (χ4n) is 4.77. The van der Waals surface area contributed by atoms with Crippen molar-refractivity contribution in [2.75, 3.05) is 23.7 Å². The Balaban J connectivity index is 0.00000225. The molecule has 1 spiro atoms. The number of carbonyl (C=O) groups is 3. The Hall–Kier alpha value is -2.28. The van der Waals surface area contributed by atoms with E-state index in [4.69, 9.17) is 5.73 Å². The van der Waals surface area contributed by atoms with Crippen molar-refractivity contribution in [3.63, 3.8) is 0 Å². The molecular weight excluding hydrogens is 380 g/mol. The molecule has 8 heteroatoms. The summed E-state index contributed by atoms with van der Waals surface area (Å²) >= 11 is 0. The monoisotopic (exact) mass is 406 g/mol. The zero-order valence-corrected chi connectivity index (χ0v) is 16.9. The van der Waals surface area contributed by atoms with Gasteiger partial charge in [-0.15, -0.1) is 12.4 Å². The van der Waals surface area contributed by atoms with Gasteiger partial charge in [0.15, 0.2) is 0 Å². The maximum absolute atomic E-state index is 13.1. The third-order valence-corrected chi connectivity index (χ3v) is 6.38. The van der Waals surface area contributed by atoms with E-state index in [0.717, 1.165) is 48.3 Å². The molecule has 4 amide bonds. The van der Waals surface area contributed by atoms with Crippen molar-refractivity contribution in [3.8, 4) is 0 Å². The summed E-state index contributed by atoms with van der Waals surface area (Å²) in [5, 5.41) is 2.90. The smallest absolute Gasteiger partial charge is 0.325 e. The molecule has 0 radical (unpaired) electrons. The van der Waals surface area contributed by atoms with Crippen molar-refractivity contribution < 1.29 is 14.4 Å². The second kappa shape index (κ2) is 7.62. The van der Waals surface area contributed by atoms with E-state index in [2.05, 4.69) is 5.32 Å². The SMILES string of the molecule is CC1CCCCC12NC(=O)N(CC(=O)N1CCCc3c(N)cccc31)C2=O.Cl. The van der Waals surface area contributed by atoms with E-state index in [1.165, 1.54) is 0 Å². The van der Waals surface area contributed by atoms with Crippen molar-refractivity contribution in [1.82, 2.24) is 10.2 Å². The number of hydrogen-bond acceptors (Lipinski definition) is 4. The lowest BCUT2D eigenvalue weighted by molar-refractivity contribution is -0.136. The molecular formula is C20H27ClN4O3. The van der Waals surface area contributed by atoms with Crippen LogP contribution in [0.25, 0.3) is 0 Å². The Labute approximate surface area is 171 Å². The molecule has 2 unspecified atom stereocenters. The largest absolute Gasteiger partial charge is 0.398 e. The van der Waals surface area contributed by atoms with Crippen LogP contribution in [0.15, 0.2) is 18.2 Å². The van der Waals surface area contributed by atoms with Gasteiger partial charge in [0.2, 0.25) is 5.91 Å². The maximum Gasteiger partial charge on any atom is 0.325 e. The number of hydrogen-bond donors (Lipinski definition) is 2. The minimum atomic E-state index is -0.833. The maximum atomic E-state index is 13.1. The van der Waals surface area contributed by atoms with Crippen molar-refractivity contribution >= 4 is 41.6 Å². The molecule has 1 aromatic carbocycles. The highest BCUT2D eigenvalue weighted by Crippen LogP contribution is 2.38. The number of benzene rings is 1. The first-order chi connectivity index (χ1) is 12.9. The van der Waals surface area contributed by atoms with Crippen LogP contribution in [0.1, 0.15) is 44.6 Å². The zero-order valence-electron chi connectivity index (χ0n) is 16.1. The third kappa shape index (κ3) is 3.11. The lowest BCUT2D eigenvalue weighted by Gasteiger charge is -2.37. The molecule has 1 saturated heterocycles. The first-order valence-electron chi connectivity index (χ1n) is 9.76. The summed E-state index contributed by atoms with van der Waals surface area (Å²) in [4.78, 5) is 41.3. The number of halogens is 1. The van der Waals surface area contributed by atoms with Crippen LogP contribution in [0.4, 0.5) is 16.2 Å². The van der Waals surface area contributed by atoms with Crippen LogP contribution in [0.5, 0.6) is 0 Å². The topological polar surface area (TPSA) is 95.7 Å². The number of urea groups is 1. The number of amides is 4. The Bertz CT molecular complexity index is 815. The van der Waals surface area contributed by atoms with Gasteiger partial charge in [0.05, 0.1) is 0 Å². The molecule has 28 heavy (non-hydrogen) atoms. The van der Waals surface area contributed by atoms with Crippen LogP contribution >= 0.6 is 12.4 Å². The van der Waals surface area contributed by atoms with Gasteiger partial charge in [-0.25, -0.2) is 4.79 Å². The summed E-state index contributed by atoms with van der Waals surface area (Å²) in [6.07, 6.45) is 5.18. The second-order valence-corrected chi connectivity index (χ2v) is 7.93. The van der Waals surface area contributed by atoms with Gasteiger partial charge >= 0.3 is 6.03 Å². The summed E-state index contributed by atoms with van der Waals surface area (Å²) in [7, 11) is 0. The average molecular weight is 407 g/mol. The zero-order chi connectivity index (χ0) is 19.2. The molecule has 2 atom stereocenters. The van der Waals surface area contributed by atoms with Gasteiger partial charge in [0, 0.05) is 17.9 Å². The van der Waals surface area contributed by atoms with Crippen molar-refractivity contribution in [3.05, 3.63) is 23.8 Å². The van der Waals surface area contributed by atoms with E-state index in [0.29, 0.717) is 18.7 Å². The van der Waals surface area contributed by atoms with E-state index in [-0.39, 0.29) is 36.7 Å². The molecule has 7 nitrogen and oxygen atoms in total. The van der Waals surface area contributed by atoms with Gasteiger partial charge in [-0.1, -0.05) is 25.8 Å². The molecule has 1 aromatic rings. The van der Waals surface area contributed by atoms with Gasteiger partial charge in [-0.2, -0.15) is 0 Å². The summed E-state index contributed by atoms with van der Waals surface area (Å²) in [6, 6.07) is 5.08. The highest BCUT2D eigenvalue weighted by atomic mass is 35.5. The number of nitrogens with zero attached hydrogens (tertiary/aromatic N) is 2. The highest BCUT2D eigenvalue weighted by Gasteiger charge is 2.55. The van der Waals surface area contributed by atoms with E-state index < -0.39 is 11.6 Å². The molecule has 2 aliphatic heterocycles. The molecule has 0 aromatic heterocycles. The Kier molecular flexibility index (Phi) is 5.57. The first kappa shape index (κ1) is 20.5. The molecule has 2 fully saturated rings. The van der Waals surface area contributed by atoms with Gasteiger partial charge in [0.25, 0.3) is 5.91 Å². The van der Waals surface area contributed by atoms with Crippen LogP contribution in [0.3, 0.4) is 0 Å². The number of nitrogens with one attached hydrogen (secondary N) is 1. The normalized spacial score (nSPS) is 26.7. The molecule has 0 bridgehead atoms. The summed E-state index contributed by atoms with van der Waals surface area (Å²) in [5.41, 5.74) is 7.65. The number of fused-ring (bicyclic) bond motifs is 1. The van der Waals surface area contributed by atoms with Crippen molar-refractivity contribution in [2.45, 2.75) is 51.0 Å². The summed E-state index contributed by atoms with van der Waals surface area (Å²) in [6.45, 7) is 2.35. The summed E-state index contributed by atoms with van der Waals surface area (Å²) < 4.78 is 0. The predicted molar refractivity (Wildman–Crippen MR) is 109 cm³/mol. The van der Waals surface area contributed by atoms with Crippen molar-refractivity contribution in [2.24, 2.45) is 5.92 Å². The molecule has 3 N–H and O–H groups in total. The van der Waals surface area contributed by atoms with E-state index in [9.17, 15) is 14.4 Å². The van der Waals surface area contributed by atoms with Crippen LogP contribution in [0.2, 0.25) is 0 Å². The highest BCUT2D eigenvalue weighted by molar-refractivity contribution is 6.10. The predicted octanol–water partition coefficient (Wildman–Crippen LogP) is 2.47. The molecule has 152 valence electrons. The van der Waals surface area contributed by atoms with E-state index >= 15 is 0 Å². The lowest BCUT2D eigenvalue weighted by Crippen LogP contribution is -2.54. The average Bonchev–Trinajstić information content (AvgIpc) is 2.89. The standard InChI is InChI=1S/C20H26N4O3.ClH/c1-13-6-2-3-10-20(13)18(26)24(19(27)22-20)12-17(25)23-11-5-7-14-15(21)8-4-9-16(14)23;/h4,8-9,13H,2-3,5-7,10-12,21H2,1H3,(H,22,27);1H. The van der Waals surface area contributed by atoms with Crippen LogP contribution < -0.4 is 16.0 Å². The van der Waals surface area contributed by atoms with Gasteiger partial charge in [-0.3, -0.25) is 14.5 Å². The molecule has 3 aliphatic rings. The number of nitrogen functional groups attached to an aromatic ring is 1. The Morgan fingerprint density at radius 3 is 2.82 bits per heavy atom. The molecule has 1 aliphatic carbocycles. The number of nitrogens with two attached hydrogens (primary N) is 1. The Morgan fingerprint density at radius 2 is 2.07 bits per heavy atom. The third-order valence-electron chi connectivity index (χ3n) is 6.38. The van der Waals surface area contributed by atoms with Crippen molar-refractivity contribution in [1.29, 1.82) is 0 Å². The van der Waals surface area contributed by atoms with Crippen LogP contribution in [-0.2, 0) is 16.0 Å². The number of imide groups is 1. The molecule has 4 rings (SSSR count). The Morgan fingerprint density at radius 1 is 1.29 bits per heavy atom. The lowest BCUT2D eigenvalue weighted by atomic mass is 9.73. The number of anilines is 2. The molecule has 2 heterocycles. The van der Waals surface area contributed by atoms with E-state index in [1.54, 1.807) is 4.90 Å². The minimum absolute atomic E-state index is 0. The fourth-order valence-corrected chi connectivity index (χ4v) is 4.77. The quantitative estimate of drug-likeness (QED) is 0.582.